The summed E-state index contributed by atoms with van der Waals surface area (Å²) in [4.78, 5) is 4.65. The molecule has 0 heterocycles. The first-order valence-corrected chi connectivity index (χ1v) is 5.70. The van der Waals surface area contributed by atoms with Gasteiger partial charge in [0.05, 0.1) is 6.04 Å². The minimum atomic E-state index is -0.424. The summed E-state index contributed by atoms with van der Waals surface area (Å²) >= 11 is 0. The fourth-order valence-electron chi connectivity index (χ4n) is 1.86. The van der Waals surface area contributed by atoms with Crippen LogP contribution in [0.1, 0.15) is 46.0 Å². The second-order valence-corrected chi connectivity index (χ2v) is 4.63. The Labute approximate surface area is 92.3 Å². The quantitative estimate of drug-likeness (QED) is 0.324. The molecule has 15 heavy (non-hydrogen) atoms. The van der Waals surface area contributed by atoms with Crippen molar-refractivity contribution >= 4 is 5.84 Å². The number of nitrogens with one attached hydrogen (secondary N) is 1. The van der Waals surface area contributed by atoms with Crippen molar-refractivity contribution in [3.05, 3.63) is 0 Å². The van der Waals surface area contributed by atoms with Crippen LogP contribution in [-0.2, 0) is 4.74 Å². The van der Waals surface area contributed by atoms with Crippen molar-refractivity contribution in [2.24, 2.45) is 10.8 Å². The smallest absolute Gasteiger partial charge is 0.143 e. The van der Waals surface area contributed by atoms with Crippen molar-refractivity contribution in [2.45, 2.75) is 57.6 Å². The van der Waals surface area contributed by atoms with Gasteiger partial charge in [-0.3, -0.25) is 4.99 Å². The van der Waals surface area contributed by atoms with E-state index in [4.69, 9.17) is 10.6 Å². The number of nitrogens with zero attached hydrogens (tertiary/aromatic N) is 1. The molecule has 0 aliphatic heterocycles. The highest BCUT2D eigenvalue weighted by atomic mass is 16.5. The van der Waals surface area contributed by atoms with E-state index in [0.717, 1.165) is 5.84 Å². The fraction of sp³-hybridized carbons (Fsp3) is 0.909. The highest BCUT2D eigenvalue weighted by Crippen LogP contribution is 2.21. The molecule has 88 valence electrons. The normalized spacial score (nSPS) is 20.4. The van der Waals surface area contributed by atoms with Crippen LogP contribution in [0.25, 0.3) is 0 Å². The Morgan fingerprint density at radius 1 is 1.33 bits per heavy atom. The van der Waals surface area contributed by atoms with Gasteiger partial charge in [0, 0.05) is 7.11 Å². The van der Waals surface area contributed by atoms with Crippen LogP contribution in [0.2, 0.25) is 0 Å². The lowest BCUT2D eigenvalue weighted by Crippen LogP contribution is -2.47. The molecule has 0 atom stereocenters. The molecular weight excluding hydrogens is 190 g/mol. The lowest BCUT2D eigenvalue weighted by molar-refractivity contribution is 0.0790. The van der Waals surface area contributed by atoms with Gasteiger partial charge < -0.3 is 10.2 Å². The number of ether oxygens (including phenoxy) is 1. The van der Waals surface area contributed by atoms with E-state index in [-0.39, 0.29) is 0 Å². The van der Waals surface area contributed by atoms with Gasteiger partial charge in [0.25, 0.3) is 0 Å². The van der Waals surface area contributed by atoms with Crippen LogP contribution in [0.3, 0.4) is 0 Å². The molecule has 0 spiro atoms. The Kier molecular flexibility index (Phi) is 4.54. The average Bonchev–Trinajstić information content (AvgIpc) is 2.27. The number of hydrogen-bond donors (Lipinski definition) is 2. The summed E-state index contributed by atoms with van der Waals surface area (Å²) in [6.07, 6.45) is 6.24. The van der Waals surface area contributed by atoms with Crippen LogP contribution in [-0.4, -0.2) is 24.6 Å². The summed E-state index contributed by atoms with van der Waals surface area (Å²) in [6, 6.07) is 0.416. The number of hydrazine groups is 1. The second kappa shape index (κ2) is 5.47. The summed E-state index contributed by atoms with van der Waals surface area (Å²) < 4.78 is 5.36. The van der Waals surface area contributed by atoms with Gasteiger partial charge in [-0.15, -0.1) is 0 Å². The summed E-state index contributed by atoms with van der Waals surface area (Å²) in [7, 11) is 1.67. The molecule has 1 saturated carbocycles. The topological polar surface area (TPSA) is 59.6 Å². The van der Waals surface area contributed by atoms with E-state index in [1.165, 1.54) is 32.1 Å². The van der Waals surface area contributed by atoms with E-state index in [0.29, 0.717) is 6.04 Å². The van der Waals surface area contributed by atoms with E-state index >= 15 is 0 Å². The molecule has 1 fully saturated rings. The van der Waals surface area contributed by atoms with Crippen molar-refractivity contribution < 1.29 is 4.74 Å². The highest BCUT2D eigenvalue weighted by molar-refractivity contribution is 5.89. The monoisotopic (exact) mass is 213 g/mol. The van der Waals surface area contributed by atoms with Gasteiger partial charge in [0.1, 0.15) is 11.4 Å². The van der Waals surface area contributed by atoms with E-state index in [1.54, 1.807) is 7.11 Å². The van der Waals surface area contributed by atoms with Gasteiger partial charge in [-0.2, -0.15) is 0 Å². The van der Waals surface area contributed by atoms with Crippen LogP contribution in [0, 0.1) is 0 Å². The number of nitrogens with two attached hydrogens (primary N) is 1. The van der Waals surface area contributed by atoms with E-state index < -0.39 is 5.60 Å². The average molecular weight is 213 g/mol. The standard InChI is InChI=1S/C11H23N3O/c1-11(2,15-3)10(14-12)13-9-7-5-4-6-8-9/h9H,4-8,12H2,1-3H3,(H,13,14). The van der Waals surface area contributed by atoms with E-state index in [9.17, 15) is 0 Å². The Balaban J connectivity index is 2.67. The van der Waals surface area contributed by atoms with Gasteiger partial charge >= 0.3 is 0 Å². The zero-order chi connectivity index (χ0) is 11.3. The summed E-state index contributed by atoms with van der Waals surface area (Å²) in [6.45, 7) is 3.93. The minimum Gasteiger partial charge on any atom is -0.371 e. The molecule has 0 saturated heterocycles. The maximum atomic E-state index is 5.49. The first-order valence-electron chi connectivity index (χ1n) is 5.70. The van der Waals surface area contributed by atoms with Gasteiger partial charge in [-0.1, -0.05) is 19.3 Å². The Morgan fingerprint density at radius 3 is 2.40 bits per heavy atom. The molecule has 4 heteroatoms. The molecule has 0 aromatic heterocycles. The van der Waals surface area contributed by atoms with Crippen molar-refractivity contribution in [1.82, 2.24) is 5.43 Å². The molecule has 0 aromatic carbocycles. The van der Waals surface area contributed by atoms with Gasteiger partial charge in [0.2, 0.25) is 0 Å². The number of aliphatic imine (C=N–C) groups is 1. The molecule has 0 unspecified atom stereocenters. The number of amidine groups is 1. The van der Waals surface area contributed by atoms with Crippen LogP contribution < -0.4 is 11.3 Å². The molecule has 4 nitrogen and oxygen atoms in total. The Morgan fingerprint density at radius 2 is 1.93 bits per heavy atom. The van der Waals surface area contributed by atoms with Crippen molar-refractivity contribution in [3.8, 4) is 0 Å². The molecule has 0 radical (unpaired) electrons. The number of hydrogen-bond acceptors (Lipinski definition) is 3. The third-order valence-electron chi connectivity index (χ3n) is 3.10. The van der Waals surface area contributed by atoms with E-state index in [2.05, 4.69) is 10.4 Å². The van der Waals surface area contributed by atoms with Crippen LogP contribution in [0.5, 0.6) is 0 Å². The summed E-state index contributed by atoms with van der Waals surface area (Å²) in [5.41, 5.74) is 2.24. The molecular formula is C11H23N3O. The van der Waals surface area contributed by atoms with Gasteiger partial charge in [0.15, 0.2) is 0 Å². The van der Waals surface area contributed by atoms with Crippen LogP contribution in [0.4, 0.5) is 0 Å². The lowest BCUT2D eigenvalue weighted by atomic mass is 9.95. The third kappa shape index (κ3) is 3.47. The highest BCUT2D eigenvalue weighted by Gasteiger charge is 2.25. The molecule has 0 bridgehead atoms. The largest absolute Gasteiger partial charge is 0.371 e. The molecule has 0 aromatic rings. The molecule has 1 aliphatic rings. The number of rotatable bonds is 3. The summed E-state index contributed by atoms with van der Waals surface area (Å²) in [5.74, 6) is 6.24. The maximum Gasteiger partial charge on any atom is 0.143 e. The van der Waals surface area contributed by atoms with Gasteiger partial charge in [-0.25, -0.2) is 5.84 Å². The zero-order valence-corrected chi connectivity index (χ0v) is 10.0. The molecule has 1 aliphatic carbocycles. The second-order valence-electron chi connectivity index (χ2n) is 4.63. The zero-order valence-electron chi connectivity index (χ0n) is 10.0. The molecule has 3 N–H and O–H groups in total. The summed E-state index contributed by atoms with van der Waals surface area (Å²) in [5, 5.41) is 0. The fourth-order valence-corrected chi connectivity index (χ4v) is 1.86. The molecule has 1 rings (SSSR count). The maximum absolute atomic E-state index is 5.49. The lowest BCUT2D eigenvalue weighted by Gasteiger charge is -2.27. The first-order chi connectivity index (χ1) is 7.10. The predicted octanol–water partition coefficient (Wildman–Crippen LogP) is 1.61. The SMILES string of the molecule is COC(C)(C)C(=NC1CCCCC1)NN. The van der Waals surface area contributed by atoms with Crippen LogP contribution in [0.15, 0.2) is 4.99 Å². The first kappa shape index (κ1) is 12.5. The molecule has 0 amide bonds. The minimum absolute atomic E-state index is 0.416. The van der Waals surface area contributed by atoms with E-state index in [1.807, 2.05) is 13.8 Å². The Bertz CT molecular complexity index is 220. The van der Waals surface area contributed by atoms with Gasteiger partial charge in [-0.05, 0) is 26.7 Å². The number of methoxy groups -OCH3 is 1. The van der Waals surface area contributed by atoms with Crippen molar-refractivity contribution in [2.75, 3.05) is 7.11 Å². The predicted molar refractivity (Wildman–Crippen MR) is 62.7 cm³/mol. The van der Waals surface area contributed by atoms with Crippen molar-refractivity contribution in [1.29, 1.82) is 0 Å². The van der Waals surface area contributed by atoms with Crippen molar-refractivity contribution in [3.63, 3.8) is 0 Å². The Hall–Kier alpha value is -0.610. The van der Waals surface area contributed by atoms with Crippen LogP contribution >= 0.6 is 0 Å². The third-order valence-corrected chi connectivity index (χ3v) is 3.10.